The van der Waals surface area contributed by atoms with Gasteiger partial charge in [-0.25, -0.2) is 0 Å². The summed E-state index contributed by atoms with van der Waals surface area (Å²) in [6, 6.07) is 10.3. The van der Waals surface area contributed by atoms with Gasteiger partial charge in [0.1, 0.15) is 0 Å². The van der Waals surface area contributed by atoms with E-state index in [2.05, 4.69) is 12.1 Å². The molecule has 0 spiro atoms. The first-order chi connectivity index (χ1) is 5.95. The Morgan fingerprint density at radius 1 is 1.08 bits per heavy atom. The maximum Gasteiger partial charge on any atom is 0.161 e. The Kier molecular flexibility index (Phi) is 2.39. The van der Waals surface area contributed by atoms with Crippen molar-refractivity contribution in [3.63, 3.8) is 0 Å². The molecule has 2 nitrogen and oxygen atoms in total. The highest BCUT2D eigenvalue weighted by atomic mass is 16.7. The number of benzene rings is 1. The molecule has 1 aromatic carbocycles. The Morgan fingerprint density at radius 3 is 2.42 bits per heavy atom. The Hall–Kier alpha value is -0.860. The second kappa shape index (κ2) is 3.70. The summed E-state index contributed by atoms with van der Waals surface area (Å²) >= 11 is 0. The van der Waals surface area contributed by atoms with Gasteiger partial charge in [-0.2, -0.15) is 0 Å². The van der Waals surface area contributed by atoms with Crippen molar-refractivity contribution in [1.29, 1.82) is 0 Å². The highest BCUT2D eigenvalue weighted by Crippen LogP contribution is 2.10. The van der Waals surface area contributed by atoms with Gasteiger partial charge in [-0.15, -0.1) is 0 Å². The highest BCUT2D eigenvalue weighted by Gasteiger charge is 2.15. The molecule has 0 amide bonds. The van der Waals surface area contributed by atoms with E-state index in [0.29, 0.717) is 0 Å². The fourth-order valence-corrected chi connectivity index (χ4v) is 1.33. The Labute approximate surface area is 72.1 Å². The summed E-state index contributed by atoms with van der Waals surface area (Å²) in [6.07, 6.45) is 0.841. The van der Waals surface area contributed by atoms with E-state index in [4.69, 9.17) is 9.47 Å². The zero-order valence-corrected chi connectivity index (χ0v) is 6.90. The highest BCUT2D eigenvalue weighted by molar-refractivity contribution is 5.15. The molecule has 1 saturated heterocycles. The molecular formula is C10H12O2. The minimum atomic E-state index is -0.0209. The Morgan fingerprint density at radius 2 is 1.75 bits per heavy atom. The molecule has 12 heavy (non-hydrogen) atoms. The van der Waals surface area contributed by atoms with Crippen LogP contribution >= 0.6 is 0 Å². The second-order valence-electron chi connectivity index (χ2n) is 2.86. The summed E-state index contributed by atoms with van der Waals surface area (Å²) in [4.78, 5) is 0. The first-order valence-corrected chi connectivity index (χ1v) is 4.22. The van der Waals surface area contributed by atoms with Crippen LogP contribution in [0.3, 0.4) is 0 Å². The molecule has 0 bridgehead atoms. The molecule has 2 rings (SSSR count). The third kappa shape index (κ3) is 1.84. The lowest BCUT2D eigenvalue weighted by Gasteiger charge is -2.07. The van der Waals surface area contributed by atoms with Gasteiger partial charge in [0.2, 0.25) is 0 Å². The lowest BCUT2D eigenvalue weighted by molar-refractivity contribution is -0.0399. The lowest BCUT2D eigenvalue weighted by Crippen LogP contribution is -2.10. The minimum Gasteiger partial charge on any atom is -0.350 e. The van der Waals surface area contributed by atoms with Crippen molar-refractivity contribution in [2.45, 2.75) is 12.7 Å². The van der Waals surface area contributed by atoms with E-state index < -0.39 is 0 Å². The van der Waals surface area contributed by atoms with Gasteiger partial charge in [-0.05, 0) is 5.56 Å². The quantitative estimate of drug-likeness (QED) is 0.661. The maximum absolute atomic E-state index is 5.33. The van der Waals surface area contributed by atoms with E-state index in [1.54, 1.807) is 0 Å². The molecule has 1 heterocycles. The SMILES string of the molecule is c1ccc(CC2OCCO2)cc1. The number of rotatable bonds is 2. The lowest BCUT2D eigenvalue weighted by atomic mass is 10.1. The third-order valence-electron chi connectivity index (χ3n) is 1.94. The van der Waals surface area contributed by atoms with Gasteiger partial charge in [0.05, 0.1) is 13.2 Å². The van der Waals surface area contributed by atoms with Crippen molar-refractivity contribution < 1.29 is 9.47 Å². The predicted molar refractivity (Wildman–Crippen MR) is 45.8 cm³/mol. The zero-order chi connectivity index (χ0) is 8.23. The molecule has 0 unspecified atom stereocenters. The van der Waals surface area contributed by atoms with E-state index >= 15 is 0 Å². The molecule has 0 saturated carbocycles. The van der Waals surface area contributed by atoms with Crippen LogP contribution in [0.15, 0.2) is 30.3 Å². The molecule has 0 aliphatic carbocycles. The van der Waals surface area contributed by atoms with Crippen LogP contribution in [-0.2, 0) is 15.9 Å². The second-order valence-corrected chi connectivity index (χ2v) is 2.86. The molecule has 1 aliphatic heterocycles. The van der Waals surface area contributed by atoms with Crippen LogP contribution < -0.4 is 0 Å². The number of hydrogen-bond donors (Lipinski definition) is 0. The van der Waals surface area contributed by atoms with Crippen molar-refractivity contribution in [3.8, 4) is 0 Å². The normalized spacial score (nSPS) is 18.3. The summed E-state index contributed by atoms with van der Waals surface area (Å²) in [5.41, 5.74) is 1.27. The van der Waals surface area contributed by atoms with Gasteiger partial charge in [0.25, 0.3) is 0 Å². The minimum absolute atomic E-state index is 0.0209. The van der Waals surface area contributed by atoms with Gasteiger partial charge >= 0.3 is 0 Å². The van der Waals surface area contributed by atoms with Crippen LogP contribution in [-0.4, -0.2) is 19.5 Å². The van der Waals surface area contributed by atoms with E-state index in [1.165, 1.54) is 5.56 Å². The monoisotopic (exact) mass is 164 g/mol. The van der Waals surface area contributed by atoms with E-state index in [9.17, 15) is 0 Å². The molecule has 1 aliphatic rings. The summed E-state index contributed by atoms with van der Waals surface area (Å²) in [6.45, 7) is 1.47. The maximum atomic E-state index is 5.33. The molecule has 0 radical (unpaired) electrons. The largest absolute Gasteiger partial charge is 0.350 e. The molecular weight excluding hydrogens is 152 g/mol. The average Bonchev–Trinajstić information content (AvgIpc) is 2.59. The van der Waals surface area contributed by atoms with Crippen molar-refractivity contribution >= 4 is 0 Å². The van der Waals surface area contributed by atoms with Crippen LogP contribution in [0.4, 0.5) is 0 Å². The van der Waals surface area contributed by atoms with Gasteiger partial charge in [0.15, 0.2) is 6.29 Å². The Balaban J connectivity index is 1.94. The standard InChI is InChI=1S/C10H12O2/c1-2-4-9(5-3-1)8-10-11-6-7-12-10/h1-5,10H,6-8H2. The fraction of sp³-hybridized carbons (Fsp3) is 0.400. The summed E-state index contributed by atoms with van der Waals surface area (Å²) in [5, 5.41) is 0. The van der Waals surface area contributed by atoms with Crippen LogP contribution in [0.5, 0.6) is 0 Å². The molecule has 0 aromatic heterocycles. The average molecular weight is 164 g/mol. The van der Waals surface area contributed by atoms with E-state index in [-0.39, 0.29) is 6.29 Å². The summed E-state index contributed by atoms with van der Waals surface area (Å²) in [7, 11) is 0. The first-order valence-electron chi connectivity index (χ1n) is 4.22. The molecule has 0 N–H and O–H groups in total. The van der Waals surface area contributed by atoms with Crippen LogP contribution in [0.25, 0.3) is 0 Å². The molecule has 1 fully saturated rings. The summed E-state index contributed by atoms with van der Waals surface area (Å²) in [5.74, 6) is 0. The molecule has 1 aromatic rings. The smallest absolute Gasteiger partial charge is 0.161 e. The first kappa shape index (κ1) is 7.77. The number of ether oxygens (including phenoxy) is 2. The van der Waals surface area contributed by atoms with Crippen molar-refractivity contribution in [3.05, 3.63) is 35.9 Å². The van der Waals surface area contributed by atoms with E-state index in [1.807, 2.05) is 18.2 Å². The molecule has 64 valence electrons. The Bertz CT molecular complexity index is 227. The molecule has 2 heteroatoms. The van der Waals surface area contributed by atoms with Crippen LogP contribution in [0.2, 0.25) is 0 Å². The topological polar surface area (TPSA) is 18.5 Å². The van der Waals surface area contributed by atoms with Crippen molar-refractivity contribution in [1.82, 2.24) is 0 Å². The predicted octanol–water partition coefficient (Wildman–Crippen LogP) is 1.60. The zero-order valence-electron chi connectivity index (χ0n) is 6.90. The van der Waals surface area contributed by atoms with Gasteiger partial charge in [-0.1, -0.05) is 30.3 Å². The van der Waals surface area contributed by atoms with Crippen LogP contribution in [0, 0.1) is 0 Å². The number of hydrogen-bond acceptors (Lipinski definition) is 2. The van der Waals surface area contributed by atoms with Gasteiger partial charge in [-0.3, -0.25) is 0 Å². The van der Waals surface area contributed by atoms with Gasteiger partial charge < -0.3 is 9.47 Å². The van der Waals surface area contributed by atoms with Gasteiger partial charge in [0, 0.05) is 6.42 Å². The van der Waals surface area contributed by atoms with Crippen LogP contribution in [0.1, 0.15) is 5.56 Å². The summed E-state index contributed by atoms with van der Waals surface area (Å²) < 4.78 is 10.7. The fourth-order valence-electron chi connectivity index (χ4n) is 1.33. The molecule has 0 atom stereocenters. The van der Waals surface area contributed by atoms with Crippen molar-refractivity contribution in [2.75, 3.05) is 13.2 Å². The van der Waals surface area contributed by atoms with E-state index in [0.717, 1.165) is 19.6 Å². The van der Waals surface area contributed by atoms with Crippen molar-refractivity contribution in [2.24, 2.45) is 0 Å². The third-order valence-corrected chi connectivity index (χ3v) is 1.94.